The van der Waals surface area contributed by atoms with Gasteiger partial charge in [-0.2, -0.15) is 5.10 Å². The van der Waals surface area contributed by atoms with E-state index in [0.717, 1.165) is 23.2 Å². The normalized spacial score (nSPS) is 10.3. The van der Waals surface area contributed by atoms with Crippen LogP contribution in [0, 0.1) is 0 Å². The number of hydrogen-bond acceptors (Lipinski definition) is 3. The minimum atomic E-state index is -0.171. The number of amides is 2. The number of carbonyl (C=O) groups is 1. The van der Waals surface area contributed by atoms with Gasteiger partial charge in [0.05, 0.1) is 5.69 Å². The molecule has 0 bridgehead atoms. The summed E-state index contributed by atoms with van der Waals surface area (Å²) in [7, 11) is 0. The lowest BCUT2D eigenvalue weighted by atomic mass is 10.2. The molecule has 0 aliphatic heterocycles. The highest BCUT2D eigenvalue weighted by atomic mass is 16.2. The quantitative estimate of drug-likeness (QED) is 0.732. The molecule has 0 fully saturated rings. The van der Waals surface area contributed by atoms with Gasteiger partial charge in [-0.25, -0.2) is 9.48 Å². The van der Waals surface area contributed by atoms with Crippen molar-refractivity contribution in [2.45, 2.75) is 13.0 Å². The Balaban J connectivity index is 1.41. The zero-order chi connectivity index (χ0) is 16.6. The zero-order valence-electron chi connectivity index (χ0n) is 13.2. The number of urea groups is 1. The molecule has 3 aromatic rings. The molecule has 6 nitrogen and oxygen atoms in total. The second kappa shape index (κ2) is 7.92. The number of benzene rings is 1. The monoisotopic (exact) mass is 321 g/mol. The van der Waals surface area contributed by atoms with Crippen LogP contribution in [-0.4, -0.2) is 27.3 Å². The smallest absolute Gasteiger partial charge is 0.315 e. The van der Waals surface area contributed by atoms with Crippen molar-refractivity contribution in [1.82, 2.24) is 25.4 Å². The standard InChI is InChI=1S/C18H19N5O/c24-18(20-11-8-15-3-1-9-19-13-15)21-14-16-4-6-17(7-5-16)23-12-2-10-22-23/h1-7,9-10,12-13H,8,11,14H2,(H2,20,21,24). The van der Waals surface area contributed by atoms with Crippen LogP contribution in [0.4, 0.5) is 4.79 Å². The summed E-state index contributed by atoms with van der Waals surface area (Å²) in [5.74, 6) is 0. The van der Waals surface area contributed by atoms with Crippen molar-refractivity contribution in [2.75, 3.05) is 6.54 Å². The number of nitrogens with zero attached hydrogens (tertiary/aromatic N) is 3. The molecule has 2 heterocycles. The van der Waals surface area contributed by atoms with Crippen molar-refractivity contribution in [1.29, 1.82) is 0 Å². The van der Waals surface area contributed by atoms with Crippen LogP contribution >= 0.6 is 0 Å². The topological polar surface area (TPSA) is 71.8 Å². The fraction of sp³-hybridized carbons (Fsp3) is 0.167. The number of nitrogens with one attached hydrogen (secondary N) is 2. The van der Waals surface area contributed by atoms with Crippen LogP contribution in [0.5, 0.6) is 0 Å². The average Bonchev–Trinajstić information content (AvgIpc) is 3.16. The molecule has 2 aromatic heterocycles. The van der Waals surface area contributed by atoms with E-state index in [-0.39, 0.29) is 6.03 Å². The van der Waals surface area contributed by atoms with Crippen LogP contribution in [0.3, 0.4) is 0 Å². The van der Waals surface area contributed by atoms with E-state index < -0.39 is 0 Å². The fourth-order valence-electron chi connectivity index (χ4n) is 2.30. The predicted octanol–water partition coefficient (Wildman–Crippen LogP) is 2.31. The first-order chi connectivity index (χ1) is 11.8. The van der Waals surface area contributed by atoms with Gasteiger partial charge in [-0.05, 0) is 41.8 Å². The summed E-state index contributed by atoms with van der Waals surface area (Å²) in [4.78, 5) is 15.9. The van der Waals surface area contributed by atoms with Crippen molar-refractivity contribution >= 4 is 6.03 Å². The Bertz CT molecular complexity index is 754. The summed E-state index contributed by atoms with van der Waals surface area (Å²) in [5, 5.41) is 9.88. The maximum atomic E-state index is 11.8. The molecular formula is C18H19N5O. The van der Waals surface area contributed by atoms with E-state index >= 15 is 0 Å². The minimum absolute atomic E-state index is 0.171. The molecule has 0 unspecified atom stereocenters. The molecule has 0 saturated carbocycles. The lowest BCUT2D eigenvalue weighted by molar-refractivity contribution is 0.240. The molecule has 122 valence electrons. The van der Waals surface area contributed by atoms with E-state index in [4.69, 9.17) is 0 Å². The van der Waals surface area contributed by atoms with E-state index in [2.05, 4.69) is 20.7 Å². The highest BCUT2D eigenvalue weighted by Gasteiger charge is 2.01. The zero-order valence-corrected chi connectivity index (χ0v) is 13.2. The van der Waals surface area contributed by atoms with Gasteiger partial charge in [-0.3, -0.25) is 4.98 Å². The second-order valence-corrected chi connectivity index (χ2v) is 5.34. The van der Waals surface area contributed by atoms with Crippen LogP contribution in [0.25, 0.3) is 5.69 Å². The van der Waals surface area contributed by atoms with E-state index in [1.54, 1.807) is 23.3 Å². The first-order valence-corrected chi connectivity index (χ1v) is 7.81. The molecule has 24 heavy (non-hydrogen) atoms. The fourth-order valence-corrected chi connectivity index (χ4v) is 2.30. The number of carbonyl (C=O) groups excluding carboxylic acids is 1. The summed E-state index contributed by atoms with van der Waals surface area (Å²) in [5.41, 5.74) is 3.13. The molecule has 0 aliphatic carbocycles. The van der Waals surface area contributed by atoms with Gasteiger partial charge in [0.1, 0.15) is 0 Å². The van der Waals surface area contributed by atoms with Gasteiger partial charge < -0.3 is 10.6 Å². The Morgan fingerprint density at radius 1 is 1.00 bits per heavy atom. The Kier molecular flexibility index (Phi) is 5.19. The Hall–Kier alpha value is -3.15. The van der Waals surface area contributed by atoms with Crippen molar-refractivity contribution in [3.63, 3.8) is 0 Å². The Labute approximate surface area is 140 Å². The molecule has 0 atom stereocenters. The largest absolute Gasteiger partial charge is 0.338 e. The number of hydrogen-bond donors (Lipinski definition) is 2. The molecule has 2 N–H and O–H groups in total. The lowest BCUT2D eigenvalue weighted by Crippen LogP contribution is -2.36. The van der Waals surface area contributed by atoms with Crippen molar-refractivity contribution in [3.05, 3.63) is 78.4 Å². The molecule has 0 spiro atoms. The molecule has 0 radical (unpaired) electrons. The minimum Gasteiger partial charge on any atom is -0.338 e. The predicted molar refractivity (Wildman–Crippen MR) is 91.7 cm³/mol. The third-order valence-corrected chi connectivity index (χ3v) is 3.58. The van der Waals surface area contributed by atoms with E-state index in [1.165, 1.54) is 0 Å². The van der Waals surface area contributed by atoms with Gasteiger partial charge >= 0.3 is 6.03 Å². The van der Waals surface area contributed by atoms with Crippen LogP contribution in [0.15, 0.2) is 67.3 Å². The van der Waals surface area contributed by atoms with Gasteiger partial charge in [-0.1, -0.05) is 18.2 Å². The van der Waals surface area contributed by atoms with Gasteiger partial charge in [0, 0.05) is 37.9 Å². The average molecular weight is 321 g/mol. The molecule has 3 rings (SSSR count). The van der Waals surface area contributed by atoms with Gasteiger partial charge in [-0.15, -0.1) is 0 Å². The maximum absolute atomic E-state index is 11.8. The van der Waals surface area contributed by atoms with Crippen molar-refractivity contribution in [2.24, 2.45) is 0 Å². The lowest BCUT2D eigenvalue weighted by Gasteiger charge is -2.08. The summed E-state index contributed by atoms with van der Waals surface area (Å²) < 4.78 is 1.79. The van der Waals surface area contributed by atoms with Crippen LogP contribution in [-0.2, 0) is 13.0 Å². The SMILES string of the molecule is O=C(NCCc1cccnc1)NCc1ccc(-n2cccn2)cc1. The highest BCUT2D eigenvalue weighted by molar-refractivity contribution is 5.73. The van der Waals surface area contributed by atoms with E-state index in [1.807, 2.05) is 48.7 Å². The first-order valence-electron chi connectivity index (χ1n) is 7.81. The van der Waals surface area contributed by atoms with Crippen LogP contribution in [0.1, 0.15) is 11.1 Å². The Morgan fingerprint density at radius 3 is 2.58 bits per heavy atom. The van der Waals surface area contributed by atoms with Crippen LogP contribution in [0.2, 0.25) is 0 Å². The maximum Gasteiger partial charge on any atom is 0.315 e. The van der Waals surface area contributed by atoms with Crippen LogP contribution < -0.4 is 10.6 Å². The first kappa shape index (κ1) is 15.7. The number of aromatic nitrogens is 3. The highest BCUT2D eigenvalue weighted by Crippen LogP contribution is 2.08. The van der Waals surface area contributed by atoms with Crippen molar-refractivity contribution < 1.29 is 4.79 Å². The summed E-state index contributed by atoms with van der Waals surface area (Å²) in [6, 6.07) is 13.5. The number of rotatable bonds is 6. The summed E-state index contributed by atoms with van der Waals surface area (Å²) in [6.45, 7) is 1.06. The van der Waals surface area contributed by atoms with Gasteiger partial charge in [0.15, 0.2) is 0 Å². The molecular weight excluding hydrogens is 302 g/mol. The van der Waals surface area contributed by atoms with E-state index in [9.17, 15) is 4.79 Å². The third-order valence-electron chi connectivity index (χ3n) is 3.58. The summed E-state index contributed by atoms with van der Waals surface area (Å²) >= 11 is 0. The van der Waals surface area contributed by atoms with Gasteiger partial charge in [0.25, 0.3) is 0 Å². The van der Waals surface area contributed by atoms with Crippen molar-refractivity contribution in [3.8, 4) is 5.69 Å². The van der Waals surface area contributed by atoms with E-state index in [0.29, 0.717) is 13.1 Å². The number of pyridine rings is 1. The molecule has 0 saturated heterocycles. The molecule has 6 heteroatoms. The summed E-state index contributed by atoms with van der Waals surface area (Å²) in [6.07, 6.45) is 7.94. The molecule has 2 amide bonds. The second-order valence-electron chi connectivity index (χ2n) is 5.34. The Morgan fingerprint density at radius 2 is 1.88 bits per heavy atom. The van der Waals surface area contributed by atoms with Gasteiger partial charge in [0.2, 0.25) is 0 Å². The molecule has 0 aliphatic rings. The molecule has 1 aromatic carbocycles. The third kappa shape index (κ3) is 4.42.